The van der Waals surface area contributed by atoms with Gasteiger partial charge in [-0.05, 0) is 80.5 Å². The molecule has 0 radical (unpaired) electrons. The van der Waals surface area contributed by atoms with E-state index in [4.69, 9.17) is 4.74 Å². The van der Waals surface area contributed by atoms with Crippen molar-refractivity contribution in [2.75, 3.05) is 12.9 Å². The number of aryl methyl sites for hydroxylation is 1. The van der Waals surface area contributed by atoms with Gasteiger partial charge in [0.1, 0.15) is 11.4 Å². The monoisotopic (exact) mass is 527 g/mol. The molecule has 1 saturated carbocycles. The first-order valence-electron chi connectivity index (χ1n) is 12.4. The van der Waals surface area contributed by atoms with Crippen molar-refractivity contribution in [2.24, 2.45) is 5.92 Å². The maximum atomic E-state index is 12.8. The first kappa shape index (κ1) is 26.7. The number of carbonyl (C=O) groups is 1. The Labute approximate surface area is 217 Å². The lowest BCUT2D eigenvalue weighted by Gasteiger charge is -2.27. The van der Waals surface area contributed by atoms with Gasteiger partial charge in [0, 0.05) is 23.8 Å². The van der Waals surface area contributed by atoms with Gasteiger partial charge in [0.2, 0.25) is 15.8 Å². The first-order valence-corrected chi connectivity index (χ1v) is 14.3. The minimum Gasteiger partial charge on any atom is -0.494 e. The Morgan fingerprint density at radius 1 is 1.16 bits per heavy atom. The lowest BCUT2D eigenvalue weighted by molar-refractivity contribution is 0.0945. The maximum Gasteiger partial charge on any atom is 0.270 e. The second-order valence-electron chi connectivity index (χ2n) is 9.42. The van der Waals surface area contributed by atoms with Crippen molar-refractivity contribution >= 4 is 15.9 Å². The second-order valence-corrected chi connectivity index (χ2v) is 11.2. The summed E-state index contributed by atoms with van der Waals surface area (Å²) in [7, 11) is -3.19. The summed E-state index contributed by atoms with van der Waals surface area (Å²) >= 11 is 0. The number of pyridine rings is 1. The number of rotatable bonds is 10. The largest absolute Gasteiger partial charge is 0.494 e. The minimum atomic E-state index is -3.19. The van der Waals surface area contributed by atoms with E-state index in [0.29, 0.717) is 42.7 Å². The zero-order valence-corrected chi connectivity index (χ0v) is 22.2. The van der Waals surface area contributed by atoms with Crippen LogP contribution in [0.4, 0.5) is 0 Å². The summed E-state index contributed by atoms with van der Waals surface area (Å²) in [5.74, 6) is 1.24. The molecule has 0 bridgehead atoms. The molecule has 2 heterocycles. The van der Waals surface area contributed by atoms with E-state index in [1.165, 1.54) is 6.26 Å². The maximum absolute atomic E-state index is 12.8. The van der Waals surface area contributed by atoms with Crippen molar-refractivity contribution in [1.82, 2.24) is 35.2 Å². The van der Waals surface area contributed by atoms with E-state index >= 15 is 0 Å². The molecule has 3 aromatic rings. The standard InChI is InChI=1S/C25H33N7O4S/c1-4-36-22-7-5-6-19(13-22)15-26-25(33)23-14-20(12-17(2)27-23)24-28-31-32(29-24)16-18-8-10-21(11-9-18)30-37(3,34)35/h5-7,12-14,18,21,30H,4,8-11,15-16H2,1-3H3,(H,26,33). The molecule has 1 fully saturated rings. The third-order valence-corrected chi connectivity index (χ3v) is 6.97. The Kier molecular flexibility index (Phi) is 8.49. The Morgan fingerprint density at radius 2 is 1.95 bits per heavy atom. The highest BCUT2D eigenvalue weighted by atomic mass is 32.2. The Balaban J connectivity index is 1.36. The number of hydrogen-bond donors (Lipinski definition) is 2. The average molecular weight is 528 g/mol. The molecule has 198 valence electrons. The number of ether oxygens (including phenoxy) is 1. The van der Waals surface area contributed by atoms with Gasteiger partial charge >= 0.3 is 0 Å². The number of sulfonamides is 1. The molecule has 4 rings (SSSR count). The average Bonchev–Trinajstić information content (AvgIpc) is 3.31. The number of nitrogens with one attached hydrogen (secondary N) is 2. The molecular weight excluding hydrogens is 494 g/mol. The van der Waals surface area contributed by atoms with E-state index in [1.54, 1.807) is 10.9 Å². The molecule has 0 spiro atoms. The smallest absolute Gasteiger partial charge is 0.270 e. The van der Waals surface area contributed by atoms with Crippen LogP contribution in [0.2, 0.25) is 0 Å². The highest BCUT2D eigenvalue weighted by molar-refractivity contribution is 7.88. The molecule has 11 nitrogen and oxygen atoms in total. The van der Waals surface area contributed by atoms with Crippen LogP contribution in [0, 0.1) is 12.8 Å². The second kappa shape index (κ2) is 11.8. The van der Waals surface area contributed by atoms with Crippen molar-refractivity contribution in [2.45, 2.75) is 58.7 Å². The zero-order chi connectivity index (χ0) is 26.4. The molecule has 2 aromatic heterocycles. The van der Waals surface area contributed by atoms with Crippen LogP contribution in [0.25, 0.3) is 11.4 Å². The molecule has 1 aliphatic carbocycles. The van der Waals surface area contributed by atoms with Gasteiger partial charge in [-0.1, -0.05) is 12.1 Å². The molecule has 1 amide bonds. The summed E-state index contributed by atoms with van der Waals surface area (Å²) in [5, 5.41) is 15.8. The van der Waals surface area contributed by atoms with E-state index in [1.807, 2.05) is 44.2 Å². The minimum absolute atomic E-state index is 0.0107. The van der Waals surface area contributed by atoms with Crippen LogP contribution in [-0.4, -0.2) is 58.4 Å². The fourth-order valence-corrected chi connectivity index (χ4v) is 5.37. The van der Waals surface area contributed by atoms with Crippen LogP contribution in [0.15, 0.2) is 36.4 Å². The van der Waals surface area contributed by atoms with Crippen LogP contribution in [0.5, 0.6) is 5.75 Å². The summed E-state index contributed by atoms with van der Waals surface area (Å²) in [5.41, 5.74) is 2.55. The summed E-state index contributed by atoms with van der Waals surface area (Å²) in [6.07, 6.45) is 4.54. The van der Waals surface area contributed by atoms with Gasteiger partial charge in [-0.3, -0.25) is 4.79 Å². The predicted molar refractivity (Wildman–Crippen MR) is 138 cm³/mol. The SMILES string of the molecule is CCOc1cccc(CNC(=O)c2cc(-c3nnn(CC4CCC(NS(C)(=O)=O)CC4)n3)cc(C)n2)c1. The summed E-state index contributed by atoms with van der Waals surface area (Å²) < 4.78 is 31.1. The highest BCUT2D eigenvalue weighted by Gasteiger charge is 2.24. The Bertz CT molecular complexity index is 1330. The summed E-state index contributed by atoms with van der Waals surface area (Å²) in [6, 6.07) is 11.1. The molecule has 37 heavy (non-hydrogen) atoms. The number of nitrogens with zero attached hydrogens (tertiary/aromatic N) is 5. The van der Waals surface area contributed by atoms with E-state index in [0.717, 1.165) is 37.0 Å². The molecule has 2 N–H and O–H groups in total. The number of benzene rings is 1. The van der Waals surface area contributed by atoms with E-state index in [-0.39, 0.29) is 17.6 Å². The van der Waals surface area contributed by atoms with Crippen molar-refractivity contribution in [3.05, 3.63) is 53.3 Å². The molecule has 0 unspecified atom stereocenters. The van der Waals surface area contributed by atoms with Gasteiger partial charge in [0.05, 0.1) is 19.4 Å². The van der Waals surface area contributed by atoms with Gasteiger partial charge in [0.15, 0.2) is 0 Å². The highest BCUT2D eigenvalue weighted by Crippen LogP contribution is 2.26. The fraction of sp³-hybridized carbons (Fsp3) is 0.480. The molecule has 0 saturated heterocycles. The number of aromatic nitrogens is 5. The number of tetrazole rings is 1. The van der Waals surface area contributed by atoms with Crippen molar-refractivity contribution in [3.63, 3.8) is 0 Å². The normalized spacial score (nSPS) is 17.9. The van der Waals surface area contributed by atoms with Crippen molar-refractivity contribution in [3.8, 4) is 17.1 Å². The summed E-state index contributed by atoms with van der Waals surface area (Å²) in [4.78, 5) is 18.8. The van der Waals surface area contributed by atoms with Crippen LogP contribution in [0.3, 0.4) is 0 Å². The lowest BCUT2D eigenvalue weighted by atomic mass is 9.86. The predicted octanol–water partition coefficient (Wildman–Crippen LogP) is 2.48. The fourth-order valence-electron chi connectivity index (χ4n) is 4.53. The quantitative estimate of drug-likeness (QED) is 0.410. The number of amides is 1. The number of carbonyl (C=O) groups excluding carboxylic acids is 1. The molecular formula is C25H33N7O4S. The van der Waals surface area contributed by atoms with Gasteiger partial charge in [-0.2, -0.15) is 4.80 Å². The van der Waals surface area contributed by atoms with Gasteiger partial charge in [-0.15, -0.1) is 10.2 Å². The van der Waals surface area contributed by atoms with Crippen LogP contribution < -0.4 is 14.8 Å². The lowest BCUT2D eigenvalue weighted by Crippen LogP contribution is -2.37. The van der Waals surface area contributed by atoms with E-state index in [2.05, 4.69) is 30.4 Å². The first-order chi connectivity index (χ1) is 17.7. The number of hydrogen-bond acceptors (Lipinski definition) is 8. The van der Waals surface area contributed by atoms with Crippen LogP contribution >= 0.6 is 0 Å². The van der Waals surface area contributed by atoms with Crippen LogP contribution in [-0.2, 0) is 23.1 Å². The van der Waals surface area contributed by atoms with Crippen LogP contribution in [0.1, 0.15) is 54.4 Å². The van der Waals surface area contributed by atoms with Gasteiger partial charge in [-0.25, -0.2) is 18.1 Å². The van der Waals surface area contributed by atoms with E-state index < -0.39 is 10.0 Å². The van der Waals surface area contributed by atoms with Crippen molar-refractivity contribution < 1.29 is 17.9 Å². The molecule has 12 heteroatoms. The molecule has 0 atom stereocenters. The zero-order valence-electron chi connectivity index (χ0n) is 21.3. The molecule has 0 aliphatic heterocycles. The Hall–Kier alpha value is -3.38. The van der Waals surface area contributed by atoms with Gasteiger partial charge < -0.3 is 10.1 Å². The Morgan fingerprint density at radius 3 is 2.68 bits per heavy atom. The van der Waals surface area contributed by atoms with Crippen molar-refractivity contribution in [1.29, 1.82) is 0 Å². The molecule has 1 aromatic carbocycles. The summed E-state index contributed by atoms with van der Waals surface area (Å²) in [6.45, 7) is 5.28. The topological polar surface area (TPSA) is 141 Å². The third-order valence-electron chi connectivity index (χ3n) is 6.21. The van der Waals surface area contributed by atoms with Gasteiger partial charge in [0.25, 0.3) is 5.91 Å². The third kappa shape index (κ3) is 7.80. The van der Waals surface area contributed by atoms with E-state index in [9.17, 15) is 13.2 Å². The molecule has 1 aliphatic rings.